The summed E-state index contributed by atoms with van der Waals surface area (Å²) in [6.45, 7) is 4.48. The molecule has 0 radical (unpaired) electrons. The summed E-state index contributed by atoms with van der Waals surface area (Å²) >= 11 is 0. The van der Waals surface area contributed by atoms with Crippen LogP contribution in [0.3, 0.4) is 0 Å². The second-order valence-electron chi connectivity index (χ2n) is 5.16. The van der Waals surface area contributed by atoms with Crippen LogP contribution in [-0.4, -0.2) is 41.7 Å². The summed E-state index contributed by atoms with van der Waals surface area (Å²) in [5.74, 6) is -0.312. The first-order valence-electron chi connectivity index (χ1n) is 6.92. The molecule has 1 aromatic carbocycles. The van der Waals surface area contributed by atoms with E-state index in [2.05, 4.69) is 10.2 Å². The number of benzene rings is 1. The van der Waals surface area contributed by atoms with Crippen LogP contribution >= 0.6 is 0 Å². The van der Waals surface area contributed by atoms with Crippen molar-refractivity contribution in [3.8, 4) is 0 Å². The van der Waals surface area contributed by atoms with Crippen molar-refractivity contribution in [2.75, 3.05) is 19.6 Å². The normalized spacial score (nSPS) is 19.1. The lowest BCUT2D eigenvalue weighted by Crippen LogP contribution is -2.40. The summed E-state index contributed by atoms with van der Waals surface area (Å²) in [4.78, 5) is 14.1. The topological polar surface area (TPSA) is 52.6 Å². The molecule has 4 nitrogen and oxygen atoms in total. The number of aliphatic hydroxyl groups excluding tert-OH is 1. The molecule has 2 N–H and O–H groups in total. The van der Waals surface area contributed by atoms with Crippen molar-refractivity contribution >= 4 is 5.91 Å². The molecule has 104 valence electrons. The van der Waals surface area contributed by atoms with Gasteiger partial charge in [0, 0.05) is 6.54 Å². The highest BCUT2D eigenvalue weighted by Gasteiger charge is 2.21. The van der Waals surface area contributed by atoms with Crippen molar-refractivity contribution in [1.82, 2.24) is 10.2 Å². The predicted octanol–water partition coefficient (Wildman–Crippen LogP) is 1.32. The largest absolute Gasteiger partial charge is 0.384 e. The first kappa shape index (κ1) is 14.0. The predicted molar refractivity (Wildman–Crippen MR) is 74.7 cm³/mol. The Morgan fingerprint density at radius 3 is 2.53 bits per heavy atom. The fourth-order valence-corrected chi connectivity index (χ4v) is 2.44. The van der Waals surface area contributed by atoms with E-state index < -0.39 is 6.10 Å². The molecule has 0 spiro atoms. The third-order valence-corrected chi connectivity index (χ3v) is 3.54. The van der Waals surface area contributed by atoms with Crippen molar-refractivity contribution in [2.24, 2.45) is 0 Å². The van der Waals surface area contributed by atoms with Gasteiger partial charge in [0.1, 0.15) is 6.10 Å². The number of hydrogen-bond acceptors (Lipinski definition) is 3. The monoisotopic (exact) mass is 262 g/mol. The average molecular weight is 262 g/mol. The SMILES string of the molecule is CC(O)C(=O)NC(CN1CCCC1)c1ccccc1. The zero-order valence-corrected chi connectivity index (χ0v) is 11.4. The van der Waals surface area contributed by atoms with Crippen LogP contribution in [0.2, 0.25) is 0 Å². The quantitative estimate of drug-likeness (QED) is 0.841. The van der Waals surface area contributed by atoms with Crippen LogP contribution in [0, 0.1) is 0 Å². The highest BCUT2D eigenvalue weighted by molar-refractivity contribution is 5.80. The van der Waals surface area contributed by atoms with Gasteiger partial charge in [-0.15, -0.1) is 0 Å². The van der Waals surface area contributed by atoms with Crippen molar-refractivity contribution < 1.29 is 9.90 Å². The number of aliphatic hydroxyl groups is 1. The second kappa shape index (κ2) is 6.68. The van der Waals surface area contributed by atoms with Crippen LogP contribution in [-0.2, 0) is 4.79 Å². The fourth-order valence-electron chi connectivity index (χ4n) is 2.44. The van der Waals surface area contributed by atoms with Crippen LogP contribution in [0.1, 0.15) is 31.4 Å². The Labute approximate surface area is 114 Å². The molecule has 2 atom stereocenters. The van der Waals surface area contributed by atoms with Crippen LogP contribution in [0.15, 0.2) is 30.3 Å². The Kier molecular flexibility index (Phi) is 4.93. The summed E-state index contributed by atoms with van der Waals surface area (Å²) in [6.07, 6.45) is 1.49. The van der Waals surface area contributed by atoms with Gasteiger partial charge in [0.25, 0.3) is 0 Å². The Hall–Kier alpha value is -1.39. The third kappa shape index (κ3) is 4.04. The van der Waals surface area contributed by atoms with Crippen LogP contribution in [0.4, 0.5) is 0 Å². The molecule has 1 amide bonds. The standard InChI is InChI=1S/C15H22N2O2/c1-12(18)15(19)16-14(11-17-9-5-6-10-17)13-7-3-2-4-8-13/h2-4,7-8,12,14,18H,5-6,9-11H2,1H3,(H,16,19). The lowest BCUT2D eigenvalue weighted by atomic mass is 10.1. The molecule has 4 heteroatoms. The van der Waals surface area contributed by atoms with Crippen LogP contribution in [0.25, 0.3) is 0 Å². The van der Waals surface area contributed by atoms with E-state index in [1.807, 2.05) is 30.3 Å². The number of hydrogen-bond donors (Lipinski definition) is 2. The van der Waals surface area contributed by atoms with Gasteiger partial charge in [0.15, 0.2) is 0 Å². The zero-order valence-electron chi connectivity index (χ0n) is 11.4. The van der Waals surface area contributed by atoms with Crippen molar-refractivity contribution in [1.29, 1.82) is 0 Å². The number of amides is 1. The van der Waals surface area contributed by atoms with E-state index in [9.17, 15) is 9.90 Å². The van der Waals surface area contributed by atoms with Crippen LogP contribution < -0.4 is 5.32 Å². The van der Waals surface area contributed by atoms with E-state index in [1.54, 1.807) is 0 Å². The fraction of sp³-hybridized carbons (Fsp3) is 0.533. The molecule has 19 heavy (non-hydrogen) atoms. The van der Waals surface area contributed by atoms with Gasteiger partial charge in [-0.05, 0) is 38.4 Å². The zero-order chi connectivity index (χ0) is 13.7. The lowest BCUT2D eigenvalue weighted by molar-refractivity contribution is -0.129. The Morgan fingerprint density at radius 2 is 1.95 bits per heavy atom. The third-order valence-electron chi connectivity index (χ3n) is 3.54. The minimum Gasteiger partial charge on any atom is -0.384 e. The van der Waals surface area contributed by atoms with E-state index in [-0.39, 0.29) is 11.9 Å². The Morgan fingerprint density at radius 1 is 1.32 bits per heavy atom. The molecule has 0 bridgehead atoms. The molecule has 1 fully saturated rings. The molecule has 0 aromatic heterocycles. The lowest BCUT2D eigenvalue weighted by Gasteiger charge is -2.25. The maximum Gasteiger partial charge on any atom is 0.249 e. The highest BCUT2D eigenvalue weighted by atomic mass is 16.3. The minimum atomic E-state index is -0.968. The van der Waals surface area contributed by atoms with Gasteiger partial charge in [0.2, 0.25) is 5.91 Å². The maximum atomic E-state index is 11.7. The van der Waals surface area contributed by atoms with Crippen molar-refractivity contribution in [3.05, 3.63) is 35.9 Å². The second-order valence-corrected chi connectivity index (χ2v) is 5.16. The first-order valence-corrected chi connectivity index (χ1v) is 6.92. The molecule has 1 saturated heterocycles. The molecule has 2 rings (SSSR count). The number of likely N-dealkylation sites (tertiary alicyclic amines) is 1. The highest BCUT2D eigenvalue weighted by Crippen LogP contribution is 2.17. The van der Waals surface area contributed by atoms with Crippen molar-refractivity contribution in [2.45, 2.75) is 31.9 Å². The van der Waals surface area contributed by atoms with Crippen LogP contribution in [0.5, 0.6) is 0 Å². The van der Waals surface area contributed by atoms with E-state index in [0.29, 0.717) is 0 Å². The van der Waals surface area contributed by atoms with E-state index in [4.69, 9.17) is 0 Å². The van der Waals surface area contributed by atoms with E-state index in [0.717, 1.165) is 25.2 Å². The Bertz CT molecular complexity index is 400. The van der Waals surface area contributed by atoms with E-state index >= 15 is 0 Å². The van der Waals surface area contributed by atoms with Gasteiger partial charge in [-0.3, -0.25) is 4.79 Å². The van der Waals surface area contributed by atoms with E-state index in [1.165, 1.54) is 19.8 Å². The maximum absolute atomic E-state index is 11.7. The van der Waals surface area contributed by atoms with Gasteiger partial charge in [-0.25, -0.2) is 0 Å². The van der Waals surface area contributed by atoms with Gasteiger partial charge in [-0.1, -0.05) is 30.3 Å². The molecule has 1 aromatic rings. The average Bonchev–Trinajstić information content (AvgIpc) is 2.91. The first-order chi connectivity index (χ1) is 9.16. The minimum absolute atomic E-state index is 0.0543. The molecule has 1 aliphatic heterocycles. The Balaban J connectivity index is 2.06. The number of nitrogens with zero attached hydrogens (tertiary/aromatic N) is 1. The summed E-state index contributed by atoms with van der Waals surface area (Å²) in [5, 5.41) is 12.3. The molecule has 1 aliphatic rings. The van der Waals surface area contributed by atoms with Crippen molar-refractivity contribution in [3.63, 3.8) is 0 Å². The molecule has 0 saturated carbocycles. The molecule has 2 unspecified atom stereocenters. The number of carbonyl (C=O) groups is 1. The molecule has 1 heterocycles. The van der Waals surface area contributed by atoms with Gasteiger partial charge < -0.3 is 15.3 Å². The number of carbonyl (C=O) groups excluding carboxylic acids is 1. The van der Waals surface area contributed by atoms with Gasteiger partial charge >= 0.3 is 0 Å². The molecular formula is C15H22N2O2. The van der Waals surface area contributed by atoms with Gasteiger partial charge in [0.05, 0.1) is 6.04 Å². The smallest absolute Gasteiger partial charge is 0.249 e. The summed E-state index contributed by atoms with van der Waals surface area (Å²) in [5.41, 5.74) is 1.09. The molecular weight excluding hydrogens is 240 g/mol. The van der Waals surface area contributed by atoms with Gasteiger partial charge in [-0.2, -0.15) is 0 Å². The summed E-state index contributed by atoms with van der Waals surface area (Å²) < 4.78 is 0. The summed E-state index contributed by atoms with van der Waals surface area (Å²) in [7, 11) is 0. The summed E-state index contributed by atoms with van der Waals surface area (Å²) in [6, 6.07) is 9.89. The number of rotatable bonds is 5. The number of nitrogens with one attached hydrogen (secondary N) is 1. The molecule has 0 aliphatic carbocycles.